The van der Waals surface area contributed by atoms with E-state index in [0.29, 0.717) is 18.7 Å². The monoisotopic (exact) mass is 272 g/mol. The SMILES string of the molecule is CC(O)CN(C)C(=O)C1CSC2(C)CCC(=O)N12. The van der Waals surface area contributed by atoms with E-state index in [-0.39, 0.29) is 22.7 Å². The molecule has 5 nitrogen and oxygen atoms in total. The molecule has 6 heteroatoms. The predicted octanol–water partition coefficient (Wildman–Crippen LogP) is 0.280. The average molecular weight is 272 g/mol. The molecule has 0 bridgehead atoms. The van der Waals surface area contributed by atoms with Gasteiger partial charge in [-0.3, -0.25) is 9.59 Å². The van der Waals surface area contributed by atoms with Crippen LogP contribution < -0.4 is 0 Å². The Morgan fingerprint density at radius 3 is 3.00 bits per heavy atom. The van der Waals surface area contributed by atoms with E-state index < -0.39 is 6.10 Å². The maximum atomic E-state index is 12.3. The van der Waals surface area contributed by atoms with Gasteiger partial charge in [0.1, 0.15) is 6.04 Å². The van der Waals surface area contributed by atoms with Gasteiger partial charge in [0.15, 0.2) is 0 Å². The first kappa shape index (κ1) is 13.7. The van der Waals surface area contributed by atoms with Crippen molar-refractivity contribution >= 4 is 23.6 Å². The lowest BCUT2D eigenvalue weighted by Gasteiger charge is -2.32. The summed E-state index contributed by atoms with van der Waals surface area (Å²) in [5, 5.41) is 9.32. The van der Waals surface area contributed by atoms with Crippen molar-refractivity contribution in [2.75, 3.05) is 19.3 Å². The van der Waals surface area contributed by atoms with Gasteiger partial charge in [-0.15, -0.1) is 11.8 Å². The van der Waals surface area contributed by atoms with Crippen LogP contribution in [0.4, 0.5) is 0 Å². The minimum atomic E-state index is -0.548. The minimum absolute atomic E-state index is 0.0672. The summed E-state index contributed by atoms with van der Waals surface area (Å²) in [6, 6.07) is -0.362. The first-order valence-electron chi connectivity index (χ1n) is 6.24. The zero-order valence-corrected chi connectivity index (χ0v) is 11.9. The Morgan fingerprint density at radius 1 is 1.72 bits per heavy atom. The molecule has 18 heavy (non-hydrogen) atoms. The Balaban J connectivity index is 2.10. The Labute approximate surface area is 112 Å². The molecular weight excluding hydrogens is 252 g/mol. The van der Waals surface area contributed by atoms with Gasteiger partial charge in [0.2, 0.25) is 11.8 Å². The van der Waals surface area contributed by atoms with Crippen molar-refractivity contribution in [3.8, 4) is 0 Å². The van der Waals surface area contributed by atoms with E-state index in [2.05, 4.69) is 0 Å². The highest BCUT2D eigenvalue weighted by Crippen LogP contribution is 2.47. The van der Waals surface area contributed by atoms with Crippen molar-refractivity contribution in [1.82, 2.24) is 9.80 Å². The third-order valence-corrected chi connectivity index (χ3v) is 5.15. The molecule has 1 N–H and O–H groups in total. The number of carbonyl (C=O) groups is 2. The highest BCUT2D eigenvalue weighted by Gasteiger charge is 2.53. The fraction of sp³-hybridized carbons (Fsp3) is 0.833. The summed E-state index contributed by atoms with van der Waals surface area (Å²) in [6.07, 6.45) is 0.807. The topological polar surface area (TPSA) is 60.9 Å². The molecule has 2 fully saturated rings. The number of hydrogen-bond acceptors (Lipinski definition) is 4. The van der Waals surface area contributed by atoms with Crippen molar-refractivity contribution in [2.24, 2.45) is 0 Å². The maximum Gasteiger partial charge on any atom is 0.246 e. The molecule has 102 valence electrons. The molecule has 3 unspecified atom stereocenters. The van der Waals surface area contributed by atoms with Gasteiger partial charge >= 0.3 is 0 Å². The summed E-state index contributed by atoms with van der Waals surface area (Å²) < 4.78 is 0. The number of thioether (sulfide) groups is 1. The molecule has 2 rings (SSSR count). The van der Waals surface area contributed by atoms with Crippen LogP contribution in [0.2, 0.25) is 0 Å². The number of amides is 2. The fourth-order valence-corrected chi connectivity index (χ4v) is 4.17. The second-order valence-corrected chi connectivity index (χ2v) is 6.83. The second kappa shape index (κ2) is 4.74. The quantitative estimate of drug-likeness (QED) is 0.801. The maximum absolute atomic E-state index is 12.3. The zero-order valence-electron chi connectivity index (χ0n) is 11.0. The Hall–Kier alpha value is -0.750. The van der Waals surface area contributed by atoms with Crippen molar-refractivity contribution < 1.29 is 14.7 Å². The molecule has 2 aliphatic heterocycles. The molecule has 2 aliphatic rings. The summed E-state index contributed by atoms with van der Waals surface area (Å²) in [7, 11) is 1.68. The highest BCUT2D eigenvalue weighted by atomic mass is 32.2. The lowest BCUT2D eigenvalue weighted by Crippen LogP contribution is -2.51. The minimum Gasteiger partial charge on any atom is -0.392 e. The fourth-order valence-electron chi connectivity index (χ4n) is 2.74. The van der Waals surface area contributed by atoms with Crippen molar-refractivity contribution in [1.29, 1.82) is 0 Å². The van der Waals surface area contributed by atoms with Crippen molar-refractivity contribution in [2.45, 2.75) is 43.7 Å². The lowest BCUT2D eigenvalue weighted by molar-refractivity contribution is -0.143. The van der Waals surface area contributed by atoms with E-state index in [9.17, 15) is 14.7 Å². The van der Waals surface area contributed by atoms with Crippen LogP contribution in [-0.4, -0.2) is 63.1 Å². The number of aliphatic hydroxyl groups excluding tert-OH is 1. The van der Waals surface area contributed by atoms with Crippen LogP contribution in [-0.2, 0) is 9.59 Å². The summed E-state index contributed by atoms with van der Waals surface area (Å²) in [5.74, 6) is 0.666. The molecule has 3 atom stereocenters. The number of hydrogen-bond donors (Lipinski definition) is 1. The van der Waals surface area contributed by atoms with Crippen LogP contribution in [0.3, 0.4) is 0 Å². The van der Waals surface area contributed by atoms with Crippen molar-refractivity contribution in [3.05, 3.63) is 0 Å². The average Bonchev–Trinajstić information content (AvgIpc) is 2.75. The number of aliphatic hydroxyl groups is 1. The van der Waals surface area contributed by atoms with E-state index >= 15 is 0 Å². The summed E-state index contributed by atoms with van der Waals surface area (Å²) in [5.41, 5.74) is 0. The van der Waals surface area contributed by atoms with Gasteiger partial charge < -0.3 is 14.9 Å². The van der Waals surface area contributed by atoms with E-state index in [0.717, 1.165) is 6.42 Å². The van der Waals surface area contributed by atoms with Gasteiger partial charge in [0.05, 0.1) is 11.0 Å². The summed E-state index contributed by atoms with van der Waals surface area (Å²) in [4.78, 5) is 27.3. The van der Waals surface area contributed by atoms with Crippen LogP contribution in [0.5, 0.6) is 0 Å². The van der Waals surface area contributed by atoms with Gasteiger partial charge in [-0.05, 0) is 20.3 Å². The molecule has 2 amide bonds. The smallest absolute Gasteiger partial charge is 0.246 e. The first-order chi connectivity index (χ1) is 8.35. The molecule has 2 heterocycles. The molecular formula is C12H20N2O3S. The standard InChI is InChI=1S/C12H20N2O3S/c1-8(15)6-13(3)11(17)9-7-18-12(2)5-4-10(16)14(9)12/h8-9,15H,4-7H2,1-3H3. The number of nitrogens with zero attached hydrogens (tertiary/aromatic N) is 2. The van der Waals surface area contributed by atoms with Crippen molar-refractivity contribution in [3.63, 3.8) is 0 Å². The Kier molecular flexibility index (Phi) is 3.60. The third kappa shape index (κ3) is 2.23. The van der Waals surface area contributed by atoms with Gasteiger partial charge in [0, 0.05) is 25.8 Å². The number of carbonyl (C=O) groups excluding carboxylic acids is 2. The van der Waals surface area contributed by atoms with Crippen LogP contribution in [0.15, 0.2) is 0 Å². The number of fused-ring (bicyclic) bond motifs is 1. The van der Waals surface area contributed by atoms with E-state index in [1.807, 2.05) is 6.92 Å². The van der Waals surface area contributed by atoms with Crippen LogP contribution in [0, 0.1) is 0 Å². The van der Waals surface area contributed by atoms with E-state index in [4.69, 9.17) is 0 Å². The Bertz CT molecular complexity index is 374. The normalized spacial score (nSPS) is 32.6. The van der Waals surface area contributed by atoms with E-state index in [1.165, 1.54) is 4.90 Å². The van der Waals surface area contributed by atoms with Gasteiger partial charge in [-0.1, -0.05) is 0 Å². The number of rotatable bonds is 3. The van der Waals surface area contributed by atoms with Crippen LogP contribution in [0.25, 0.3) is 0 Å². The summed E-state index contributed by atoms with van der Waals surface area (Å²) in [6.45, 7) is 3.99. The van der Waals surface area contributed by atoms with Crippen LogP contribution >= 0.6 is 11.8 Å². The molecule has 0 aromatic rings. The molecule has 0 radical (unpaired) electrons. The van der Waals surface area contributed by atoms with Gasteiger partial charge in [-0.25, -0.2) is 0 Å². The third-order valence-electron chi connectivity index (χ3n) is 3.64. The highest BCUT2D eigenvalue weighted by molar-refractivity contribution is 8.01. The lowest BCUT2D eigenvalue weighted by atomic mass is 10.2. The van der Waals surface area contributed by atoms with Gasteiger partial charge in [0.25, 0.3) is 0 Å². The van der Waals surface area contributed by atoms with Gasteiger partial charge in [-0.2, -0.15) is 0 Å². The molecule has 0 aromatic carbocycles. The Morgan fingerprint density at radius 2 is 2.39 bits per heavy atom. The summed E-state index contributed by atoms with van der Waals surface area (Å²) >= 11 is 1.69. The molecule has 0 saturated carbocycles. The second-order valence-electron chi connectivity index (χ2n) is 5.33. The molecule has 0 spiro atoms. The molecule has 0 aliphatic carbocycles. The largest absolute Gasteiger partial charge is 0.392 e. The predicted molar refractivity (Wildman–Crippen MR) is 70.0 cm³/mol. The molecule has 2 saturated heterocycles. The first-order valence-corrected chi connectivity index (χ1v) is 7.23. The molecule has 0 aromatic heterocycles. The zero-order chi connectivity index (χ0) is 13.5. The van der Waals surface area contributed by atoms with Crippen LogP contribution in [0.1, 0.15) is 26.7 Å². The van der Waals surface area contributed by atoms with E-state index in [1.54, 1.807) is 30.6 Å². The number of likely N-dealkylation sites (N-methyl/N-ethyl adjacent to an activating group) is 1.